The molecule has 0 atom stereocenters. The highest BCUT2D eigenvalue weighted by Crippen LogP contribution is 2.41. The molecule has 12 aromatic rings. The predicted octanol–water partition coefficient (Wildman–Crippen LogP) is 18.3. The van der Waals surface area contributed by atoms with Crippen LogP contribution in [0.25, 0.3) is 94.3 Å². The molecule has 320 valence electrons. The molecule has 2 nitrogen and oxygen atoms in total. The maximum absolute atomic E-state index is 2.40. The molecule has 0 saturated heterocycles. The van der Waals surface area contributed by atoms with E-state index in [9.17, 15) is 0 Å². The molecule has 2 heteroatoms. The van der Waals surface area contributed by atoms with E-state index in [0.29, 0.717) is 0 Å². The first kappa shape index (κ1) is 40.5. The van der Waals surface area contributed by atoms with Gasteiger partial charge in [0.1, 0.15) is 0 Å². The van der Waals surface area contributed by atoms with Crippen molar-refractivity contribution in [2.45, 2.75) is 0 Å². The first-order chi connectivity index (χ1) is 33.7. The van der Waals surface area contributed by atoms with Gasteiger partial charge in [-0.3, -0.25) is 0 Å². The van der Waals surface area contributed by atoms with Crippen LogP contribution in [0, 0.1) is 0 Å². The summed E-state index contributed by atoms with van der Waals surface area (Å²) in [5, 5.41) is 2.52. The van der Waals surface area contributed by atoms with Crippen LogP contribution in [0.2, 0.25) is 0 Å². The Kier molecular flexibility index (Phi) is 10.6. The number of rotatable bonds is 10. The molecule has 0 spiro atoms. The molecule has 0 aliphatic heterocycles. The normalized spacial score (nSPS) is 11.2. The second-order valence-corrected chi connectivity index (χ2v) is 17.4. The number of hydrogen-bond donors (Lipinski definition) is 0. The molecular weight excluding hydrogens is 821 g/mol. The molecule has 12 rings (SSSR count). The van der Waals surface area contributed by atoms with Crippen molar-refractivity contribution in [3.8, 4) is 72.4 Å². The van der Waals surface area contributed by atoms with Gasteiger partial charge in [-0.25, -0.2) is 0 Å². The Morgan fingerprint density at radius 3 is 0.882 bits per heavy atom. The Morgan fingerprint density at radius 1 is 0.206 bits per heavy atom. The summed E-state index contributed by atoms with van der Waals surface area (Å²) in [5.74, 6) is 0. The molecule has 0 unspecified atom stereocenters. The van der Waals surface area contributed by atoms with Gasteiger partial charge in [-0.2, -0.15) is 0 Å². The molecule has 0 amide bonds. The minimum atomic E-state index is 1.08. The Labute approximate surface area is 397 Å². The molecule has 0 aliphatic carbocycles. The van der Waals surface area contributed by atoms with Crippen LogP contribution in [-0.4, -0.2) is 4.57 Å². The summed E-state index contributed by atoms with van der Waals surface area (Å²) < 4.78 is 2.39. The summed E-state index contributed by atoms with van der Waals surface area (Å²) in [6.07, 6.45) is 0. The summed E-state index contributed by atoms with van der Waals surface area (Å²) in [6.45, 7) is 0. The van der Waals surface area contributed by atoms with Gasteiger partial charge in [0.15, 0.2) is 0 Å². The quantitative estimate of drug-likeness (QED) is 0.133. The summed E-state index contributed by atoms with van der Waals surface area (Å²) in [4.78, 5) is 2.40. The molecular formula is C66H46N2. The first-order valence-corrected chi connectivity index (χ1v) is 23.3. The maximum Gasteiger partial charge on any atom is 0.0541 e. The van der Waals surface area contributed by atoms with Crippen molar-refractivity contribution >= 4 is 38.9 Å². The van der Waals surface area contributed by atoms with Gasteiger partial charge in [0.25, 0.3) is 0 Å². The van der Waals surface area contributed by atoms with Crippen molar-refractivity contribution in [3.63, 3.8) is 0 Å². The summed E-state index contributed by atoms with van der Waals surface area (Å²) in [7, 11) is 0. The van der Waals surface area contributed by atoms with Crippen LogP contribution in [0.15, 0.2) is 279 Å². The number of fused-ring (bicyclic) bond motifs is 3. The summed E-state index contributed by atoms with van der Waals surface area (Å²) in [6, 6.07) is 101. The van der Waals surface area contributed by atoms with Gasteiger partial charge >= 0.3 is 0 Å². The predicted molar refractivity (Wildman–Crippen MR) is 288 cm³/mol. The van der Waals surface area contributed by atoms with Crippen LogP contribution in [0.1, 0.15) is 0 Å². The van der Waals surface area contributed by atoms with Gasteiger partial charge < -0.3 is 9.47 Å². The van der Waals surface area contributed by atoms with Gasteiger partial charge in [-0.05, 0) is 146 Å². The molecule has 68 heavy (non-hydrogen) atoms. The lowest BCUT2D eigenvalue weighted by molar-refractivity contribution is 1.18. The van der Waals surface area contributed by atoms with Gasteiger partial charge in [-0.15, -0.1) is 0 Å². The van der Waals surface area contributed by atoms with Crippen LogP contribution in [-0.2, 0) is 0 Å². The maximum atomic E-state index is 2.40. The number of benzene rings is 11. The third-order valence-corrected chi connectivity index (χ3v) is 13.1. The average molecular weight is 867 g/mol. The van der Waals surface area contributed by atoms with Gasteiger partial charge in [0.05, 0.1) is 11.0 Å². The Hall–Kier alpha value is -8.98. The van der Waals surface area contributed by atoms with E-state index in [4.69, 9.17) is 0 Å². The van der Waals surface area contributed by atoms with Crippen molar-refractivity contribution in [1.82, 2.24) is 4.57 Å². The topological polar surface area (TPSA) is 8.17 Å². The lowest BCUT2D eigenvalue weighted by Crippen LogP contribution is -2.10. The highest BCUT2D eigenvalue weighted by Gasteiger charge is 2.17. The molecule has 11 aromatic carbocycles. The Balaban J connectivity index is 0.945. The van der Waals surface area contributed by atoms with Gasteiger partial charge in [0.2, 0.25) is 0 Å². The van der Waals surface area contributed by atoms with Crippen molar-refractivity contribution in [1.29, 1.82) is 0 Å². The van der Waals surface area contributed by atoms with Crippen molar-refractivity contribution in [2.75, 3.05) is 4.90 Å². The van der Waals surface area contributed by atoms with E-state index < -0.39 is 0 Å². The van der Waals surface area contributed by atoms with Crippen molar-refractivity contribution in [2.24, 2.45) is 0 Å². The highest BCUT2D eigenvalue weighted by atomic mass is 15.1. The van der Waals surface area contributed by atoms with E-state index in [2.05, 4.69) is 289 Å². The number of anilines is 3. The number of para-hydroxylation sites is 2. The minimum Gasteiger partial charge on any atom is -0.310 e. The van der Waals surface area contributed by atoms with Crippen LogP contribution in [0.4, 0.5) is 17.1 Å². The fourth-order valence-electron chi connectivity index (χ4n) is 9.84. The second-order valence-electron chi connectivity index (χ2n) is 17.4. The van der Waals surface area contributed by atoms with Crippen LogP contribution in [0.5, 0.6) is 0 Å². The van der Waals surface area contributed by atoms with E-state index in [0.717, 1.165) is 45.0 Å². The standard InChI is InChI=1S/C66H46N2/c1-3-18-47(19-4-1)49-22-11-24-51(40-49)55-28-14-32-59(43-55)67(60-33-15-29-56(44-60)52-25-12-23-50(41-52)48-20-5-2-6-21-48)61-34-16-30-57(45-61)53-26-13-27-54(42-53)58-31-17-35-62(46-58)68-65-38-9-7-36-63(65)64-37-8-10-39-66(64)68/h1-46H. The Bertz CT molecular complexity index is 3570. The molecule has 1 aromatic heterocycles. The zero-order valence-corrected chi connectivity index (χ0v) is 37.5. The second kappa shape index (κ2) is 17.8. The number of aromatic nitrogens is 1. The van der Waals surface area contributed by atoms with Crippen molar-refractivity contribution in [3.05, 3.63) is 279 Å². The minimum absolute atomic E-state index is 1.08. The van der Waals surface area contributed by atoms with Crippen LogP contribution < -0.4 is 4.90 Å². The smallest absolute Gasteiger partial charge is 0.0541 e. The van der Waals surface area contributed by atoms with Crippen molar-refractivity contribution < 1.29 is 0 Å². The Morgan fingerprint density at radius 2 is 0.485 bits per heavy atom. The van der Waals surface area contributed by atoms with Crippen LogP contribution in [0.3, 0.4) is 0 Å². The van der Waals surface area contributed by atoms with Crippen LogP contribution >= 0.6 is 0 Å². The molecule has 0 N–H and O–H groups in total. The SMILES string of the molecule is c1ccc(-c2cccc(-c3cccc(N(c4cccc(-c5cccc(-c6ccccc6)c5)c4)c4cccc(-c5cccc(-c6cccc(-n7c8ccccc8c8ccccc87)c6)c5)c4)c3)c2)cc1. The van der Waals surface area contributed by atoms with E-state index in [1.165, 1.54) is 66.3 Å². The molecule has 0 aliphatic rings. The monoisotopic (exact) mass is 866 g/mol. The van der Waals surface area contributed by atoms with E-state index >= 15 is 0 Å². The van der Waals surface area contributed by atoms with Gasteiger partial charge in [-0.1, -0.05) is 200 Å². The third-order valence-electron chi connectivity index (χ3n) is 13.1. The summed E-state index contributed by atoms with van der Waals surface area (Å²) >= 11 is 0. The molecule has 0 saturated carbocycles. The third kappa shape index (κ3) is 7.85. The fourth-order valence-corrected chi connectivity index (χ4v) is 9.84. The zero-order chi connectivity index (χ0) is 45.2. The fraction of sp³-hybridized carbons (Fsp3) is 0. The van der Waals surface area contributed by atoms with E-state index in [-0.39, 0.29) is 0 Å². The summed E-state index contributed by atoms with van der Waals surface area (Å²) in [5.41, 5.74) is 20.9. The highest BCUT2D eigenvalue weighted by molar-refractivity contribution is 6.09. The lowest BCUT2D eigenvalue weighted by Gasteiger charge is -2.27. The lowest BCUT2D eigenvalue weighted by atomic mass is 9.97. The molecule has 0 radical (unpaired) electrons. The van der Waals surface area contributed by atoms with Gasteiger partial charge in [0, 0.05) is 33.5 Å². The molecule has 1 heterocycles. The van der Waals surface area contributed by atoms with E-state index in [1.807, 2.05) is 0 Å². The number of nitrogens with zero attached hydrogens (tertiary/aromatic N) is 2. The largest absolute Gasteiger partial charge is 0.310 e. The number of hydrogen-bond acceptors (Lipinski definition) is 1. The molecule has 0 fully saturated rings. The molecule has 0 bridgehead atoms. The van der Waals surface area contributed by atoms with E-state index in [1.54, 1.807) is 0 Å². The zero-order valence-electron chi connectivity index (χ0n) is 37.5. The first-order valence-electron chi connectivity index (χ1n) is 23.3. The average Bonchev–Trinajstić information content (AvgIpc) is 3.76.